The monoisotopic (exact) mass is 471 g/mol. The number of aliphatic carboxylic acids is 1. The Morgan fingerprint density at radius 1 is 1.06 bits per heavy atom. The summed E-state index contributed by atoms with van der Waals surface area (Å²) in [5.74, 6) is 0.0732. The zero-order valence-corrected chi connectivity index (χ0v) is 19.9. The number of hydrogen-bond donors (Lipinski definition) is 1. The van der Waals surface area contributed by atoms with E-state index in [-0.39, 0.29) is 29.7 Å². The lowest BCUT2D eigenvalue weighted by molar-refractivity contribution is -0.146. The number of alkyl halides is 2. The maximum Gasteiger partial charge on any atom is 0.306 e. The van der Waals surface area contributed by atoms with Crippen LogP contribution in [0.4, 0.5) is 8.78 Å². The Bertz CT molecular complexity index is 1020. The Morgan fingerprint density at radius 2 is 1.76 bits per heavy atom. The third-order valence-corrected chi connectivity index (χ3v) is 8.40. The molecule has 0 spiro atoms. The first kappa shape index (κ1) is 23.5. The number of carbonyl (C=O) groups is 1. The molecule has 2 atom stereocenters. The van der Waals surface area contributed by atoms with Crippen molar-refractivity contribution in [3.05, 3.63) is 41.5 Å². The molecule has 3 fully saturated rings. The summed E-state index contributed by atoms with van der Waals surface area (Å²) >= 11 is 0. The van der Waals surface area contributed by atoms with Gasteiger partial charge in [-0.1, -0.05) is 31.5 Å². The number of hydrogen-bond acceptors (Lipinski definition) is 3. The average molecular weight is 472 g/mol. The summed E-state index contributed by atoms with van der Waals surface area (Å²) in [6.45, 7) is 2.97. The lowest BCUT2D eigenvalue weighted by Crippen LogP contribution is -2.52. The minimum absolute atomic E-state index is 0.00168. The van der Waals surface area contributed by atoms with Gasteiger partial charge in [-0.3, -0.25) is 9.69 Å². The van der Waals surface area contributed by atoms with Gasteiger partial charge in [0.05, 0.1) is 17.6 Å². The van der Waals surface area contributed by atoms with Crippen molar-refractivity contribution >= 4 is 16.7 Å². The van der Waals surface area contributed by atoms with E-state index < -0.39 is 12.4 Å². The molecule has 1 saturated carbocycles. The highest BCUT2D eigenvalue weighted by Crippen LogP contribution is 2.40. The zero-order valence-electron chi connectivity index (χ0n) is 19.9. The molecule has 1 N–H and O–H groups in total. The third-order valence-electron chi connectivity index (χ3n) is 8.40. The fourth-order valence-electron chi connectivity index (χ4n) is 6.49. The Kier molecular flexibility index (Phi) is 6.79. The molecule has 3 aliphatic rings. The van der Waals surface area contributed by atoms with Crippen molar-refractivity contribution in [1.29, 1.82) is 0 Å². The van der Waals surface area contributed by atoms with Crippen molar-refractivity contribution in [3.63, 3.8) is 0 Å². The van der Waals surface area contributed by atoms with Crippen LogP contribution in [0.2, 0.25) is 0 Å². The number of carboxylic acid groups (broad SMARTS) is 1. The summed E-state index contributed by atoms with van der Waals surface area (Å²) < 4.78 is 34.4. The highest BCUT2D eigenvalue weighted by Gasteiger charge is 2.40. The van der Waals surface area contributed by atoms with Crippen molar-refractivity contribution in [1.82, 2.24) is 4.90 Å². The molecule has 2 unspecified atom stereocenters. The second-order valence-corrected chi connectivity index (χ2v) is 10.8. The second kappa shape index (κ2) is 9.80. The summed E-state index contributed by atoms with van der Waals surface area (Å²) in [6.07, 6.45) is 6.04. The van der Waals surface area contributed by atoms with Gasteiger partial charge in [0.15, 0.2) is 0 Å². The number of carboxylic acids is 1. The van der Waals surface area contributed by atoms with Crippen molar-refractivity contribution in [2.75, 3.05) is 0 Å². The maximum absolute atomic E-state index is 14.2. The van der Waals surface area contributed by atoms with Crippen LogP contribution in [0.5, 0.6) is 5.75 Å². The highest BCUT2D eigenvalue weighted by atomic mass is 19.3. The van der Waals surface area contributed by atoms with E-state index in [0.29, 0.717) is 29.9 Å². The summed E-state index contributed by atoms with van der Waals surface area (Å²) in [5, 5.41) is 10.9. The van der Waals surface area contributed by atoms with E-state index in [2.05, 4.69) is 11.8 Å². The van der Waals surface area contributed by atoms with Crippen LogP contribution in [-0.2, 0) is 11.3 Å². The average Bonchev–Trinajstić information content (AvgIpc) is 2.80. The molecule has 2 aromatic rings. The standard InChI is InChI=1S/C28H35F2NO3/c1-17-5-9-23(10-6-17)34-25-12-8-19-13-18(7-11-24(19)26(25)27(29)30)16-31-21-3-2-4-22(31)15-20(14-21)28(32)33/h7-8,11-13,17,20-23,27H,2-6,9-10,14-16H2,1H3,(H,32,33)/t17-,20?,21?,22?,23+. The first-order valence-corrected chi connectivity index (χ1v) is 12.9. The molecular weight excluding hydrogens is 436 g/mol. The molecule has 0 amide bonds. The van der Waals surface area contributed by atoms with Crippen LogP contribution >= 0.6 is 0 Å². The van der Waals surface area contributed by atoms with Gasteiger partial charge < -0.3 is 9.84 Å². The molecule has 1 aliphatic carbocycles. The molecule has 4 nitrogen and oxygen atoms in total. The number of benzene rings is 2. The number of halogens is 2. The van der Waals surface area contributed by atoms with Crippen molar-refractivity contribution in [2.45, 2.75) is 95.9 Å². The van der Waals surface area contributed by atoms with Crippen LogP contribution in [0.3, 0.4) is 0 Å². The van der Waals surface area contributed by atoms with Gasteiger partial charge in [-0.15, -0.1) is 0 Å². The fourth-order valence-corrected chi connectivity index (χ4v) is 6.49. The van der Waals surface area contributed by atoms with Gasteiger partial charge in [0, 0.05) is 18.6 Å². The Hall–Kier alpha value is -2.21. The number of fused-ring (bicyclic) bond motifs is 3. The van der Waals surface area contributed by atoms with Gasteiger partial charge in [0.2, 0.25) is 0 Å². The van der Waals surface area contributed by atoms with E-state index in [1.165, 1.54) is 0 Å². The Balaban J connectivity index is 1.37. The SMILES string of the molecule is C[C@H]1CC[C@@H](Oc2ccc3cc(CN4C5CCCC4CC(C(=O)O)C5)ccc3c2C(F)F)CC1. The molecule has 0 radical (unpaired) electrons. The van der Waals surface area contributed by atoms with Gasteiger partial charge in [0.25, 0.3) is 6.43 Å². The van der Waals surface area contributed by atoms with Crippen molar-refractivity contribution < 1.29 is 23.4 Å². The summed E-state index contributed by atoms with van der Waals surface area (Å²) in [4.78, 5) is 14.0. The molecule has 2 aromatic carbocycles. The van der Waals surface area contributed by atoms with E-state index in [0.717, 1.165) is 62.4 Å². The van der Waals surface area contributed by atoms with Gasteiger partial charge in [-0.05, 0) is 85.8 Å². The molecule has 2 bridgehead atoms. The van der Waals surface area contributed by atoms with Gasteiger partial charge >= 0.3 is 5.97 Å². The second-order valence-electron chi connectivity index (χ2n) is 10.8. The summed E-state index contributed by atoms with van der Waals surface area (Å²) in [5.41, 5.74) is 1.09. The largest absolute Gasteiger partial charge is 0.490 e. The number of rotatable bonds is 6. The molecule has 2 aliphatic heterocycles. The maximum atomic E-state index is 14.2. The number of nitrogens with zero attached hydrogens (tertiary/aromatic N) is 1. The molecule has 34 heavy (non-hydrogen) atoms. The van der Waals surface area contributed by atoms with Crippen molar-refractivity contribution in [2.24, 2.45) is 11.8 Å². The molecule has 184 valence electrons. The third kappa shape index (κ3) is 4.79. The van der Waals surface area contributed by atoms with Gasteiger partial charge in [-0.25, -0.2) is 8.78 Å². The van der Waals surface area contributed by atoms with Gasteiger partial charge in [-0.2, -0.15) is 0 Å². The minimum atomic E-state index is -2.60. The van der Waals surface area contributed by atoms with Crippen LogP contribution in [-0.4, -0.2) is 34.2 Å². The lowest BCUT2D eigenvalue weighted by atomic mass is 9.78. The van der Waals surface area contributed by atoms with Crippen LogP contribution in [0.1, 0.15) is 82.3 Å². The molecule has 2 heterocycles. The predicted molar refractivity (Wildman–Crippen MR) is 128 cm³/mol. The van der Waals surface area contributed by atoms with Crippen LogP contribution < -0.4 is 4.74 Å². The normalized spacial score (nSPS) is 29.9. The lowest BCUT2D eigenvalue weighted by Gasteiger charge is -2.48. The van der Waals surface area contributed by atoms with E-state index in [1.54, 1.807) is 6.07 Å². The summed E-state index contributed by atoms with van der Waals surface area (Å²) in [7, 11) is 0. The predicted octanol–water partition coefficient (Wildman–Crippen LogP) is 6.95. The van der Waals surface area contributed by atoms with Crippen LogP contribution in [0.25, 0.3) is 10.8 Å². The van der Waals surface area contributed by atoms with Gasteiger partial charge in [0.1, 0.15) is 5.75 Å². The van der Waals surface area contributed by atoms with E-state index in [1.807, 2.05) is 24.3 Å². The molecule has 5 rings (SSSR count). The smallest absolute Gasteiger partial charge is 0.306 e. The topological polar surface area (TPSA) is 49.8 Å². The zero-order chi connectivity index (χ0) is 23.8. The summed E-state index contributed by atoms with van der Waals surface area (Å²) in [6, 6.07) is 10.00. The molecule has 0 aromatic heterocycles. The molecule has 6 heteroatoms. The van der Waals surface area contributed by atoms with E-state index in [4.69, 9.17) is 4.74 Å². The number of ether oxygens (including phenoxy) is 1. The quantitative estimate of drug-likeness (QED) is 0.495. The first-order valence-electron chi connectivity index (χ1n) is 12.9. The van der Waals surface area contributed by atoms with Crippen LogP contribution in [0, 0.1) is 11.8 Å². The molecule has 2 saturated heterocycles. The van der Waals surface area contributed by atoms with Crippen molar-refractivity contribution in [3.8, 4) is 5.75 Å². The minimum Gasteiger partial charge on any atom is -0.490 e. The fraction of sp³-hybridized carbons (Fsp3) is 0.607. The number of piperidine rings is 2. The van der Waals surface area contributed by atoms with E-state index >= 15 is 0 Å². The molecular formula is C28H35F2NO3. The highest BCUT2D eigenvalue weighted by molar-refractivity contribution is 5.88. The first-order chi connectivity index (χ1) is 16.4. The van der Waals surface area contributed by atoms with Crippen LogP contribution in [0.15, 0.2) is 30.3 Å². The Labute approximate surface area is 200 Å². The van der Waals surface area contributed by atoms with E-state index in [9.17, 15) is 18.7 Å². The Morgan fingerprint density at radius 3 is 2.41 bits per heavy atom.